The molecule has 1 aromatic carbocycles. The number of phenolic OH excluding ortho intramolecular Hbond substituents is 1. The Labute approximate surface area is 269 Å². The number of carboxylic acid groups (broad SMARTS) is 1. The SMILES string of the molecule is COc1cc(C2C3=CCC4C(=O)N(CCCC(=O)O)C(=O)C4C3CC3(Cl)C(=O)N(CBr)C(=O)C23Cl)c(Br)c(Br)c1O. The number of imide groups is 2. The van der Waals surface area contributed by atoms with Gasteiger partial charge in [0.05, 0.1) is 28.9 Å². The number of allylic oxidation sites excluding steroid dienone is 2. The number of likely N-dealkylation sites (tertiary alicyclic amines) is 2. The summed E-state index contributed by atoms with van der Waals surface area (Å²) in [5.74, 6) is -6.91. The molecule has 3 fully saturated rings. The van der Waals surface area contributed by atoms with Gasteiger partial charge in [-0.2, -0.15) is 0 Å². The average molecular weight is 802 g/mol. The van der Waals surface area contributed by atoms with E-state index in [-0.39, 0.29) is 53.7 Å². The van der Waals surface area contributed by atoms with Crippen LogP contribution in [0.2, 0.25) is 0 Å². The van der Waals surface area contributed by atoms with Gasteiger partial charge in [-0.05, 0) is 68.7 Å². The lowest BCUT2D eigenvalue weighted by atomic mass is 9.56. The lowest BCUT2D eigenvalue weighted by Crippen LogP contribution is -2.60. The van der Waals surface area contributed by atoms with Crippen molar-refractivity contribution in [2.24, 2.45) is 17.8 Å². The minimum absolute atomic E-state index is 0.0453. The molecule has 6 atom stereocenters. The summed E-state index contributed by atoms with van der Waals surface area (Å²) in [6, 6.07) is 1.50. The highest BCUT2D eigenvalue weighted by Crippen LogP contribution is 2.66. The minimum atomic E-state index is -2.02. The number of amides is 4. The second-order valence-corrected chi connectivity index (χ2v) is 13.8. The van der Waals surface area contributed by atoms with Crippen molar-refractivity contribution in [3.8, 4) is 11.5 Å². The van der Waals surface area contributed by atoms with E-state index in [1.54, 1.807) is 6.08 Å². The molecule has 6 unspecified atom stereocenters. The largest absolute Gasteiger partial charge is 0.503 e. The number of aromatic hydroxyl groups is 1. The molecule has 1 aromatic rings. The normalized spacial score (nSPS) is 32.6. The summed E-state index contributed by atoms with van der Waals surface area (Å²) < 4.78 is 5.92. The van der Waals surface area contributed by atoms with Gasteiger partial charge in [-0.3, -0.25) is 33.8 Å². The van der Waals surface area contributed by atoms with E-state index in [9.17, 15) is 29.1 Å². The fourth-order valence-electron chi connectivity index (χ4n) is 6.75. The fourth-order valence-corrected chi connectivity index (χ4v) is 9.12. The number of hydrogen-bond acceptors (Lipinski definition) is 7. The van der Waals surface area contributed by atoms with E-state index in [2.05, 4.69) is 47.8 Å². The molecule has 15 heteroatoms. The molecular formula is C26H23Br3Cl2N2O8. The van der Waals surface area contributed by atoms with Gasteiger partial charge in [0.25, 0.3) is 11.8 Å². The quantitative estimate of drug-likeness (QED) is 0.178. The van der Waals surface area contributed by atoms with Crippen molar-refractivity contribution in [3.05, 3.63) is 32.2 Å². The van der Waals surface area contributed by atoms with Crippen LogP contribution < -0.4 is 4.74 Å². The van der Waals surface area contributed by atoms with Crippen LogP contribution in [0.4, 0.5) is 0 Å². The summed E-state index contributed by atoms with van der Waals surface area (Å²) in [6.45, 7) is -0.0453. The number of benzene rings is 1. The van der Waals surface area contributed by atoms with Gasteiger partial charge in [-0.1, -0.05) is 27.6 Å². The van der Waals surface area contributed by atoms with E-state index >= 15 is 0 Å². The monoisotopic (exact) mass is 798 g/mol. The van der Waals surface area contributed by atoms with E-state index in [0.29, 0.717) is 15.6 Å². The Morgan fingerprint density at radius 1 is 1.10 bits per heavy atom. The highest BCUT2D eigenvalue weighted by molar-refractivity contribution is 9.13. The number of nitrogens with zero attached hydrogens (tertiary/aromatic N) is 2. The molecule has 2 heterocycles. The van der Waals surface area contributed by atoms with Gasteiger partial charge in [0, 0.05) is 23.4 Å². The predicted molar refractivity (Wildman–Crippen MR) is 157 cm³/mol. The van der Waals surface area contributed by atoms with Crippen molar-refractivity contribution in [2.75, 3.05) is 19.1 Å². The zero-order chi connectivity index (χ0) is 30.2. The highest BCUT2D eigenvalue weighted by Gasteiger charge is 2.76. The van der Waals surface area contributed by atoms with Gasteiger partial charge in [0.1, 0.15) is 0 Å². The summed E-state index contributed by atoms with van der Waals surface area (Å²) in [5, 5.41) is 19.6. The summed E-state index contributed by atoms with van der Waals surface area (Å²) in [5.41, 5.74) is 0.798. The van der Waals surface area contributed by atoms with Gasteiger partial charge in [0.15, 0.2) is 21.2 Å². The molecule has 2 aliphatic heterocycles. The van der Waals surface area contributed by atoms with Crippen LogP contribution >= 0.6 is 71.0 Å². The van der Waals surface area contributed by atoms with Crippen LogP contribution in [0.3, 0.4) is 0 Å². The van der Waals surface area contributed by atoms with Crippen LogP contribution in [0.5, 0.6) is 11.5 Å². The van der Waals surface area contributed by atoms with Gasteiger partial charge in [-0.15, -0.1) is 23.2 Å². The molecule has 0 bridgehead atoms. The molecular weight excluding hydrogens is 779 g/mol. The molecule has 4 amide bonds. The molecule has 2 aliphatic carbocycles. The Balaban J connectivity index is 1.69. The number of carbonyl (C=O) groups is 5. The number of ether oxygens (including phenoxy) is 1. The van der Waals surface area contributed by atoms with Crippen molar-refractivity contribution in [2.45, 2.75) is 41.3 Å². The van der Waals surface area contributed by atoms with Crippen molar-refractivity contribution in [3.63, 3.8) is 0 Å². The molecule has 0 aromatic heterocycles. The first-order valence-electron chi connectivity index (χ1n) is 12.6. The Bertz CT molecular complexity index is 1440. The van der Waals surface area contributed by atoms with E-state index in [4.69, 9.17) is 33.0 Å². The van der Waals surface area contributed by atoms with E-state index in [1.807, 2.05) is 0 Å². The first kappa shape index (κ1) is 30.8. The Kier molecular flexibility index (Phi) is 8.11. The summed E-state index contributed by atoms with van der Waals surface area (Å²) in [4.78, 5) is 63.8. The van der Waals surface area contributed by atoms with Gasteiger partial charge in [0.2, 0.25) is 11.8 Å². The van der Waals surface area contributed by atoms with Crippen LogP contribution in [0.25, 0.3) is 0 Å². The van der Waals surface area contributed by atoms with Crippen LogP contribution in [0, 0.1) is 17.8 Å². The van der Waals surface area contributed by atoms with E-state index in [1.165, 1.54) is 13.2 Å². The average Bonchev–Trinajstić information content (AvgIpc) is 3.25. The maximum absolute atomic E-state index is 13.9. The van der Waals surface area contributed by atoms with Crippen molar-refractivity contribution in [1.29, 1.82) is 0 Å². The second-order valence-electron chi connectivity index (χ2n) is 10.5. The molecule has 10 nitrogen and oxygen atoms in total. The maximum Gasteiger partial charge on any atom is 0.303 e. The first-order valence-corrected chi connectivity index (χ1v) is 16.0. The summed E-state index contributed by atoms with van der Waals surface area (Å²) in [7, 11) is 1.36. The number of alkyl halides is 3. The zero-order valence-corrected chi connectivity index (χ0v) is 27.6. The molecule has 220 valence electrons. The standard InChI is InChI=1S/C26H23Br3Cl2N2O8/c1-41-14-7-12(18(28)19(29)20(14)36)17-10-4-5-11-16(22(38)32(21(11)37)6-2-3-15(34)35)13(10)8-25(30)23(39)33(9-27)24(40)26(17,25)31/h4,7,11,13,16-17,36H,2-3,5-6,8-9H2,1H3,(H,34,35). The van der Waals surface area contributed by atoms with Crippen LogP contribution in [0.15, 0.2) is 26.7 Å². The molecule has 2 saturated heterocycles. The minimum Gasteiger partial charge on any atom is -0.503 e. The number of hydrogen-bond donors (Lipinski definition) is 2. The van der Waals surface area contributed by atoms with Crippen molar-refractivity contribution < 1.29 is 38.9 Å². The molecule has 2 N–H and O–H groups in total. The number of methoxy groups -OCH3 is 1. The van der Waals surface area contributed by atoms with Crippen LogP contribution in [-0.2, 0) is 24.0 Å². The number of carbonyl (C=O) groups excluding carboxylic acids is 4. The number of rotatable bonds is 7. The Morgan fingerprint density at radius 3 is 2.39 bits per heavy atom. The van der Waals surface area contributed by atoms with Gasteiger partial charge < -0.3 is 14.9 Å². The van der Waals surface area contributed by atoms with E-state index < -0.39 is 63.0 Å². The summed E-state index contributed by atoms with van der Waals surface area (Å²) >= 11 is 24.5. The van der Waals surface area contributed by atoms with Gasteiger partial charge in [-0.25, -0.2) is 0 Å². The third-order valence-corrected chi connectivity index (χ3v) is 12.7. The molecule has 1 saturated carbocycles. The Morgan fingerprint density at radius 2 is 1.78 bits per heavy atom. The molecule has 0 radical (unpaired) electrons. The van der Waals surface area contributed by atoms with Crippen molar-refractivity contribution >= 4 is 101 Å². The molecule has 5 rings (SSSR count). The first-order chi connectivity index (χ1) is 19.3. The number of aliphatic carboxylic acids is 1. The maximum atomic E-state index is 13.9. The van der Waals surface area contributed by atoms with Gasteiger partial charge >= 0.3 is 5.97 Å². The smallest absolute Gasteiger partial charge is 0.303 e. The number of carboxylic acids is 1. The van der Waals surface area contributed by atoms with E-state index in [0.717, 1.165) is 9.80 Å². The predicted octanol–water partition coefficient (Wildman–Crippen LogP) is 4.50. The third-order valence-electron chi connectivity index (χ3n) is 8.58. The highest BCUT2D eigenvalue weighted by atomic mass is 79.9. The van der Waals surface area contributed by atoms with Crippen LogP contribution in [-0.4, -0.2) is 78.5 Å². The number of phenols is 1. The molecule has 41 heavy (non-hydrogen) atoms. The third kappa shape index (κ3) is 4.23. The summed E-state index contributed by atoms with van der Waals surface area (Å²) in [6.07, 6.45) is 1.69. The van der Waals surface area contributed by atoms with Crippen LogP contribution in [0.1, 0.15) is 37.2 Å². The topological polar surface area (TPSA) is 142 Å². The number of fused-ring (bicyclic) bond motifs is 4. The second kappa shape index (κ2) is 10.8. The lowest BCUT2D eigenvalue weighted by Gasteiger charge is -2.51. The lowest BCUT2D eigenvalue weighted by molar-refractivity contribution is -0.142. The van der Waals surface area contributed by atoms with Crippen molar-refractivity contribution in [1.82, 2.24) is 9.80 Å². The zero-order valence-electron chi connectivity index (χ0n) is 21.3. The molecule has 0 spiro atoms. The Hall–Kier alpha value is -1.67. The fraction of sp³-hybridized carbons (Fsp3) is 0.500. The molecule has 4 aliphatic rings. The number of halogens is 5.